The molecule has 0 atom stereocenters. The van der Waals surface area contributed by atoms with Crippen LogP contribution in [-0.2, 0) is 13.1 Å². The van der Waals surface area contributed by atoms with Crippen LogP contribution in [0.1, 0.15) is 23.7 Å². The highest BCUT2D eigenvalue weighted by Gasteiger charge is 2.12. The number of ketones is 1. The molecule has 0 fully saturated rings. The van der Waals surface area contributed by atoms with Gasteiger partial charge in [0.1, 0.15) is 0 Å². The van der Waals surface area contributed by atoms with Crippen molar-refractivity contribution >= 4 is 17.4 Å². The normalized spacial score (nSPS) is 10.6. The first kappa shape index (κ1) is 13.6. The average Bonchev–Trinajstić information content (AvgIpc) is 2.72. The van der Waals surface area contributed by atoms with Crippen molar-refractivity contribution in [3.05, 3.63) is 57.7 Å². The van der Waals surface area contributed by atoms with Crippen LogP contribution in [0.3, 0.4) is 0 Å². The SMILES string of the molecule is CCCn1ccn(CC(=O)c2ccccc2Cl)c1=O. The molecule has 1 aromatic heterocycles. The average molecular weight is 279 g/mol. The largest absolute Gasteiger partial charge is 0.328 e. The van der Waals surface area contributed by atoms with Crippen LogP contribution in [0.5, 0.6) is 0 Å². The number of rotatable bonds is 5. The van der Waals surface area contributed by atoms with E-state index in [1.54, 1.807) is 41.2 Å². The lowest BCUT2D eigenvalue weighted by Crippen LogP contribution is -2.26. The summed E-state index contributed by atoms with van der Waals surface area (Å²) in [7, 11) is 0. The summed E-state index contributed by atoms with van der Waals surface area (Å²) in [4.78, 5) is 24.1. The Morgan fingerprint density at radius 1 is 1.21 bits per heavy atom. The van der Waals surface area contributed by atoms with Crippen LogP contribution >= 0.6 is 11.6 Å². The maximum atomic E-state index is 12.1. The van der Waals surface area contributed by atoms with Gasteiger partial charge in [-0.2, -0.15) is 0 Å². The van der Waals surface area contributed by atoms with Gasteiger partial charge in [-0.25, -0.2) is 4.79 Å². The maximum Gasteiger partial charge on any atom is 0.328 e. The molecule has 0 saturated carbocycles. The van der Waals surface area contributed by atoms with Crippen molar-refractivity contribution in [2.75, 3.05) is 0 Å². The number of aryl methyl sites for hydroxylation is 1. The van der Waals surface area contributed by atoms with Gasteiger partial charge in [-0.15, -0.1) is 0 Å². The standard InChI is InChI=1S/C14H15ClN2O2/c1-2-7-16-8-9-17(14(16)19)10-13(18)11-5-3-4-6-12(11)15/h3-6,8-9H,2,7,10H2,1H3. The highest BCUT2D eigenvalue weighted by Crippen LogP contribution is 2.15. The zero-order chi connectivity index (χ0) is 13.8. The Morgan fingerprint density at radius 3 is 2.58 bits per heavy atom. The van der Waals surface area contributed by atoms with Gasteiger partial charge in [-0.3, -0.25) is 13.9 Å². The first-order valence-electron chi connectivity index (χ1n) is 6.16. The number of Topliss-reactive ketones (excluding diaryl/α,β-unsaturated/α-hetero) is 1. The van der Waals surface area contributed by atoms with E-state index in [2.05, 4.69) is 0 Å². The molecular formula is C14H15ClN2O2. The van der Waals surface area contributed by atoms with Gasteiger partial charge in [0.05, 0.1) is 11.6 Å². The number of hydrogen-bond acceptors (Lipinski definition) is 2. The van der Waals surface area contributed by atoms with Crippen LogP contribution in [0, 0.1) is 0 Å². The minimum absolute atomic E-state index is 0.0132. The summed E-state index contributed by atoms with van der Waals surface area (Å²) >= 11 is 5.97. The number of imidazole rings is 1. The van der Waals surface area contributed by atoms with E-state index in [1.165, 1.54) is 4.57 Å². The van der Waals surface area contributed by atoms with Crippen molar-refractivity contribution in [3.63, 3.8) is 0 Å². The molecule has 0 spiro atoms. The van der Waals surface area contributed by atoms with E-state index in [-0.39, 0.29) is 18.0 Å². The predicted molar refractivity (Wildman–Crippen MR) is 74.8 cm³/mol. The van der Waals surface area contributed by atoms with E-state index in [9.17, 15) is 9.59 Å². The fourth-order valence-electron chi connectivity index (χ4n) is 1.91. The molecule has 100 valence electrons. The van der Waals surface area contributed by atoms with E-state index in [1.807, 2.05) is 6.92 Å². The van der Waals surface area contributed by atoms with Gasteiger partial charge in [0.25, 0.3) is 0 Å². The number of aromatic nitrogens is 2. The van der Waals surface area contributed by atoms with E-state index in [0.717, 1.165) is 6.42 Å². The fraction of sp³-hybridized carbons (Fsp3) is 0.286. The predicted octanol–water partition coefficient (Wildman–Crippen LogP) is 2.60. The van der Waals surface area contributed by atoms with E-state index in [4.69, 9.17) is 11.6 Å². The zero-order valence-corrected chi connectivity index (χ0v) is 11.4. The molecule has 1 aromatic carbocycles. The molecule has 19 heavy (non-hydrogen) atoms. The van der Waals surface area contributed by atoms with Crippen molar-refractivity contribution in [2.24, 2.45) is 0 Å². The lowest BCUT2D eigenvalue weighted by atomic mass is 10.1. The molecular weight excluding hydrogens is 264 g/mol. The number of benzene rings is 1. The van der Waals surface area contributed by atoms with E-state index < -0.39 is 0 Å². The molecule has 4 nitrogen and oxygen atoms in total. The van der Waals surface area contributed by atoms with Crippen LogP contribution < -0.4 is 5.69 Å². The molecule has 0 bridgehead atoms. The van der Waals surface area contributed by atoms with Gasteiger partial charge in [-0.05, 0) is 18.6 Å². The fourth-order valence-corrected chi connectivity index (χ4v) is 2.15. The molecule has 1 heterocycles. The second kappa shape index (κ2) is 5.89. The Hall–Kier alpha value is -1.81. The molecule has 0 N–H and O–H groups in total. The molecule has 2 aromatic rings. The number of carbonyl (C=O) groups excluding carboxylic acids is 1. The van der Waals surface area contributed by atoms with Gasteiger partial charge >= 0.3 is 5.69 Å². The Labute approximate surface area is 116 Å². The molecule has 0 saturated heterocycles. The smallest absolute Gasteiger partial charge is 0.299 e. The van der Waals surface area contributed by atoms with Crippen molar-refractivity contribution in [1.29, 1.82) is 0 Å². The second-order valence-electron chi connectivity index (χ2n) is 4.31. The number of hydrogen-bond donors (Lipinski definition) is 0. The first-order valence-corrected chi connectivity index (χ1v) is 6.54. The summed E-state index contributed by atoms with van der Waals surface area (Å²) in [6.07, 6.45) is 4.21. The maximum absolute atomic E-state index is 12.1. The minimum Gasteiger partial charge on any atom is -0.299 e. The first-order chi connectivity index (χ1) is 9.13. The molecule has 2 rings (SSSR count). The van der Waals surface area contributed by atoms with Crippen LogP contribution in [-0.4, -0.2) is 14.9 Å². The topological polar surface area (TPSA) is 44.0 Å². The van der Waals surface area contributed by atoms with Gasteiger partial charge in [0, 0.05) is 24.5 Å². The van der Waals surface area contributed by atoms with Crippen molar-refractivity contribution in [2.45, 2.75) is 26.4 Å². The minimum atomic E-state index is -0.165. The highest BCUT2D eigenvalue weighted by molar-refractivity contribution is 6.33. The second-order valence-corrected chi connectivity index (χ2v) is 4.71. The van der Waals surface area contributed by atoms with Crippen LogP contribution in [0.2, 0.25) is 5.02 Å². The summed E-state index contributed by atoms with van der Waals surface area (Å²) in [5, 5.41) is 0.411. The quantitative estimate of drug-likeness (QED) is 0.789. The summed E-state index contributed by atoms with van der Waals surface area (Å²) < 4.78 is 3.00. The Morgan fingerprint density at radius 2 is 1.89 bits per heavy atom. The molecule has 0 aliphatic heterocycles. The third-order valence-electron chi connectivity index (χ3n) is 2.87. The summed E-state index contributed by atoms with van der Waals surface area (Å²) in [5.41, 5.74) is 0.279. The third kappa shape index (κ3) is 2.96. The summed E-state index contributed by atoms with van der Waals surface area (Å²) in [6.45, 7) is 2.67. The van der Waals surface area contributed by atoms with Crippen molar-refractivity contribution in [1.82, 2.24) is 9.13 Å². The van der Waals surface area contributed by atoms with Gasteiger partial charge in [0.15, 0.2) is 5.78 Å². The molecule has 5 heteroatoms. The molecule has 0 aliphatic rings. The summed E-state index contributed by atoms with van der Waals surface area (Å²) in [5.74, 6) is -0.165. The Bertz CT molecular complexity index is 643. The highest BCUT2D eigenvalue weighted by atomic mass is 35.5. The van der Waals surface area contributed by atoms with E-state index in [0.29, 0.717) is 17.1 Å². The number of halogens is 1. The third-order valence-corrected chi connectivity index (χ3v) is 3.20. The number of carbonyl (C=O) groups is 1. The molecule has 0 radical (unpaired) electrons. The van der Waals surface area contributed by atoms with Crippen LogP contribution in [0.15, 0.2) is 41.5 Å². The van der Waals surface area contributed by atoms with Gasteiger partial charge in [-0.1, -0.05) is 30.7 Å². The van der Waals surface area contributed by atoms with Crippen molar-refractivity contribution < 1.29 is 4.79 Å². The number of nitrogens with zero attached hydrogens (tertiary/aromatic N) is 2. The molecule has 0 amide bonds. The Kier molecular flexibility index (Phi) is 4.22. The lowest BCUT2D eigenvalue weighted by molar-refractivity contribution is 0.0971. The summed E-state index contributed by atoms with van der Waals surface area (Å²) in [6, 6.07) is 6.85. The van der Waals surface area contributed by atoms with Gasteiger partial charge in [0.2, 0.25) is 0 Å². The Balaban J connectivity index is 2.20. The van der Waals surface area contributed by atoms with Gasteiger partial charge < -0.3 is 0 Å². The zero-order valence-electron chi connectivity index (χ0n) is 10.7. The van der Waals surface area contributed by atoms with Crippen molar-refractivity contribution in [3.8, 4) is 0 Å². The lowest BCUT2D eigenvalue weighted by Gasteiger charge is -2.03. The van der Waals surface area contributed by atoms with Crippen LogP contribution in [0.25, 0.3) is 0 Å². The molecule has 0 unspecified atom stereocenters. The van der Waals surface area contributed by atoms with E-state index >= 15 is 0 Å². The molecule has 0 aliphatic carbocycles. The monoisotopic (exact) mass is 278 g/mol. The van der Waals surface area contributed by atoms with Crippen LogP contribution in [0.4, 0.5) is 0 Å².